The Labute approximate surface area is 122 Å². The second-order valence-corrected chi connectivity index (χ2v) is 6.36. The van der Waals surface area contributed by atoms with Crippen LogP contribution in [0.3, 0.4) is 0 Å². The molecule has 0 fully saturated rings. The lowest BCUT2D eigenvalue weighted by molar-refractivity contribution is 0.596. The molecule has 114 valence electrons. The summed E-state index contributed by atoms with van der Waals surface area (Å²) in [7, 11) is -2.22. The van der Waals surface area contributed by atoms with Gasteiger partial charge in [0.15, 0.2) is 0 Å². The monoisotopic (exact) mass is 312 g/mol. The SMILES string of the molecule is CNCc1n[nH]c(C)c1S(=O)(=O)Nc1ccc(C)cc1F. The van der Waals surface area contributed by atoms with Crippen LogP contribution in [0.5, 0.6) is 0 Å². The van der Waals surface area contributed by atoms with Gasteiger partial charge in [-0.25, -0.2) is 12.8 Å². The number of aryl methyl sites for hydroxylation is 2. The molecule has 0 amide bonds. The molecule has 0 radical (unpaired) electrons. The van der Waals surface area contributed by atoms with E-state index in [1.165, 1.54) is 12.1 Å². The summed E-state index contributed by atoms with van der Waals surface area (Å²) in [5.41, 5.74) is 1.39. The van der Waals surface area contributed by atoms with Gasteiger partial charge in [0.2, 0.25) is 0 Å². The number of rotatable bonds is 5. The molecule has 0 aliphatic carbocycles. The van der Waals surface area contributed by atoms with Crippen molar-refractivity contribution in [1.82, 2.24) is 15.5 Å². The van der Waals surface area contributed by atoms with Crippen molar-refractivity contribution in [3.63, 3.8) is 0 Å². The largest absolute Gasteiger partial charge is 0.314 e. The molecular formula is C13H17FN4O2S. The first-order valence-corrected chi connectivity index (χ1v) is 7.81. The number of H-pyrrole nitrogens is 1. The molecule has 0 spiro atoms. The molecule has 21 heavy (non-hydrogen) atoms. The average Bonchev–Trinajstić information content (AvgIpc) is 2.75. The van der Waals surface area contributed by atoms with Crippen LogP contribution in [0.2, 0.25) is 0 Å². The van der Waals surface area contributed by atoms with Crippen LogP contribution in [-0.2, 0) is 16.6 Å². The molecule has 0 atom stereocenters. The van der Waals surface area contributed by atoms with E-state index in [9.17, 15) is 12.8 Å². The van der Waals surface area contributed by atoms with Gasteiger partial charge in [-0.05, 0) is 38.6 Å². The number of aromatic amines is 1. The van der Waals surface area contributed by atoms with Crippen molar-refractivity contribution in [3.05, 3.63) is 41.0 Å². The molecule has 8 heteroatoms. The number of nitrogens with one attached hydrogen (secondary N) is 3. The Kier molecular flexibility index (Phi) is 4.29. The maximum atomic E-state index is 13.8. The minimum atomic E-state index is -3.91. The summed E-state index contributed by atoms with van der Waals surface area (Å²) in [4.78, 5) is 0.0387. The molecule has 2 rings (SSSR count). The fraction of sp³-hybridized carbons (Fsp3) is 0.308. The standard InChI is InChI=1S/C13H17FN4O2S/c1-8-4-5-11(10(14)6-8)18-21(19,20)13-9(2)16-17-12(13)7-15-3/h4-6,15,18H,7H2,1-3H3,(H,16,17). The molecule has 0 aliphatic rings. The maximum Gasteiger partial charge on any atom is 0.265 e. The van der Waals surface area contributed by atoms with Gasteiger partial charge in [-0.2, -0.15) is 5.10 Å². The summed E-state index contributed by atoms with van der Waals surface area (Å²) < 4.78 is 41.0. The molecule has 3 N–H and O–H groups in total. The highest BCUT2D eigenvalue weighted by molar-refractivity contribution is 7.92. The first-order chi connectivity index (χ1) is 9.85. The topological polar surface area (TPSA) is 86.9 Å². The van der Waals surface area contributed by atoms with Crippen molar-refractivity contribution in [2.75, 3.05) is 11.8 Å². The minimum Gasteiger partial charge on any atom is -0.314 e. The Hall–Kier alpha value is -1.93. The van der Waals surface area contributed by atoms with E-state index < -0.39 is 15.8 Å². The fourth-order valence-corrected chi connectivity index (χ4v) is 3.45. The molecule has 0 bridgehead atoms. The van der Waals surface area contributed by atoms with Gasteiger partial charge >= 0.3 is 0 Å². The molecular weight excluding hydrogens is 295 g/mol. The van der Waals surface area contributed by atoms with Crippen molar-refractivity contribution < 1.29 is 12.8 Å². The molecule has 0 saturated carbocycles. The van der Waals surface area contributed by atoms with Gasteiger partial charge < -0.3 is 5.32 Å². The van der Waals surface area contributed by atoms with Gasteiger partial charge in [0, 0.05) is 6.54 Å². The third kappa shape index (κ3) is 3.22. The van der Waals surface area contributed by atoms with Gasteiger partial charge in [0.1, 0.15) is 10.7 Å². The van der Waals surface area contributed by atoms with Crippen molar-refractivity contribution in [2.24, 2.45) is 0 Å². The molecule has 0 unspecified atom stereocenters. The highest BCUT2D eigenvalue weighted by Crippen LogP contribution is 2.23. The smallest absolute Gasteiger partial charge is 0.265 e. The van der Waals surface area contributed by atoms with Gasteiger partial charge in [0.25, 0.3) is 10.0 Å². The number of sulfonamides is 1. The number of halogens is 1. The summed E-state index contributed by atoms with van der Waals surface area (Å²) in [6, 6.07) is 4.31. The molecule has 2 aromatic rings. The van der Waals surface area contributed by atoms with Crippen molar-refractivity contribution in [3.8, 4) is 0 Å². The van der Waals surface area contributed by atoms with Gasteiger partial charge in [-0.3, -0.25) is 9.82 Å². The lowest BCUT2D eigenvalue weighted by atomic mass is 10.2. The van der Waals surface area contributed by atoms with Crippen LogP contribution in [0.15, 0.2) is 23.1 Å². The van der Waals surface area contributed by atoms with Crippen LogP contribution >= 0.6 is 0 Å². The normalized spacial score (nSPS) is 11.6. The number of hydrogen-bond acceptors (Lipinski definition) is 4. The van der Waals surface area contributed by atoms with Crippen LogP contribution in [0.25, 0.3) is 0 Å². The summed E-state index contributed by atoms with van der Waals surface area (Å²) in [6.45, 7) is 3.62. The van der Waals surface area contributed by atoms with Crippen molar-refractivity contribution in [1.29, 1.82) is 0 Å². The zero-order chi connectivity index (χ0) is 15.6. The quantitative estimate of drug-likeness (QED) is 0.784. The Morgan fingerprint density at radius 2 is 2.05 bits per heavy atom. The number of aromatic nitrogens is 2. The number of benzene rings is 1. The second kappa shape index (κ2) is 5.82. The summed E-state index contributed by atoms with van der Waals surface area (Å²) in [5, 5.41) is 9.43. The maximum absolute atomic E-state index is 13.8. The fourth-order valence-electron chi connectivity index (χ4n) is 2.01. The Bertz CT molecular complexity index is 756. The zero-order valence-electron chi connectivity index (χ0n) is 12.0. The molecule has 0 aliphatic heterocycles. The molecule has 0 saturated heterocycles. The number of nitrogens with zero attached hydrogens (tertiary/aromatic N) is 1. The number of hydrogen-bond donors (Lipinski definition) is 3. The molecule has 1 heterocycles. The number of anilines is 1. The first kappa shape index (κ1) is 15.5. The summed E-state index contributed by atoms with van der Waals surface area (Å²) in [5.74, 6) is -0.616. The van der Waals surface area contributed by atoms with E-state index in [-0.39, 0.29) is 17.1 Å². The second-order valence-electron chi connectivity index (χ2n) is 4.74. The van der Waals surface area contributed by atoms with Gasteiger partial charge in [-0.1, -0.05) is 6.07 Å². The van der Waals surface area contributed by atoms with Crippen molar-refractivity contribution in [2.45, 2.75) is 25.3 Å². The summed E-state index contributed by atoms with van der Waals surface area (Å²) >= 11 is 0. The van der Waals surface area contributed by atoms with E-state index in [0.29, 0.717) is 17.0 Å². The molecule has 1 aromatic carbocycles. The average molecular weight is 312 g/mol. The van der Waals surface area contributed by atoms with Crippen molar-refractivity contribution >= 4 is 15.7 Å². The van der Waals surface area contributed by atoms with Crippen LogP contribution in [-0.4, -0.2) is 25.7 Å². The Morgan fingerprint density at radius 3 is 2.67 bits per heavy atom. The summed E-state index contributed by atoms with van der Waals surface area (Å²) in [6.07, 6.45) is 0. The lowest BCUT2D eigenvalue weighted by Crippen LogP contribution is -2.18. The van der Waals surface area contributed by atoms with E-state index in [2.05, 4.69) is 20.2 Å². The predicted molar refractivity (Wildman–Crippen MR) is 78.0 cm³/mol. The third-order valence-electron chi connectivity index (χ3n) is 2.94. The Morgan fingerprint density at radius 1 is 1.33 bits per heavy atom. The third-order valence-corrected chi connectivity index (χ3v) is 4.51. The van der Waals surface area contributed by atoms with E-state index in [1.807, 2.05) is 0 Å². The van der Waals surface area contributed by atoms with E-state index in [4.69, 9.17) is 0 Å². The van der Waals surface area contributed by atoms with Crippen LogP contribution in [0.4, 0.5) is 10.1 Å². The van der Waals surface area contributed by atoms with Gasteiger partial charge in [-0.15, -0.1) is 0 Å². The predicted octanol–water partition coefficient (Wildman–Crippen LogP) is 1.69. The minimum absolute atomic E-state index is 0.0387. The highest BCUT2D eigenvalue weighted by Gasteiger charge is 2.25. The van der Waals surface area contributed by atoms with Crippen LogP contribution < -0.4 is 10.0 Å². The lowest BCUT2D eigenvalue weighted by Gasteiger charge is -2.10. The Balaban J connectivity index is 2.41. The van der Waals surface area contributed by atoms with E-state index in [0.717, 1.165) is 0 Å². The van der Waals surface area contributed by atoms with E-state index in [1.54, 1.807) is 27.0 Å². The van der Waals surface area contributed by atoms with Crippen LogP contribution in [0, 0.1) is 19.7 Å². The first-order valence-electron chi connectivity index (χ1n) is 6.32. The van der Waals surface area contributed by atoms with E-state index >= 15 is 0 Å². The molecule has 6 nitrogen and oxygen atoms in total. The van der Waals surface area contributed by atoms with Gasteiger partial charge in [0.05, 0.1) is 17.1 Å². The molecule has 1 aromatic heterocycles. The zero-order valence-corrected chi connectivity index (χ0v) is 12.8. The highest BCUT2D eigenvalue weighted by atomic mass is 32.2. The van der Waals surface area contributed by atoms with Crippen LogP contribution in [0.1, 0.15) is 17.0 Å².